The lowest BCUT2D eigenvalue weighted by atomic mass is 10.1. The maximum absolute atomic E-state index is 11.5. The van der Waals surface area contributed by atoms with Gasteiger partial charge in [-0.15, -0.1) is 0 Å². The minimum absolute atomic E-state index is 0.374. The Hall–Kier alpha value is -3.00. The largest absolute Gasteiger partial charge is 0.465 e. The molecule has 0 spiro atoms. The van der Waals surface area contributed by atoms with Gasteiger partial charge in [0, 0.05) is 25.4 Å². The monoisotopic (exact) mass is 355 g/mol. The van der Waals surface area contributed by atoms with E-state index in [-0.39, 0.29) is 5.97 Å². The summed E-state index contributed by atoms with van der Waals surface area (Å²) in [4.78, 5) is 18.0. The minimum atomic E-state index is -0.374. The molecule has 8 nitrogen and oxygen atoms in total. The van der Waals surface area contributed by atoms with E-state index in [1.807, 2.05) is 26.5 Å². The number of benzene rings is 1. The molecule has 26 heavy (non-hydrogen) atoms. The van der Waals surface area contributed by atoms with E-state index >= 15 is 0 Å². The summed E-state index contributed by atoms with van der Waals surface area (Å²) in [7, 11) is 5.27. The smallest absolute Gasteiger partial charge is 0.337 e. The predicted octanol–water partition coefficient (Wildman–Crippen LogP) is 1.93. The zero-order valence-corrected chi connectivity index (χ0v) is 15.0. The molecule has 3 rings (SSSR count). The van der Waals surface area contributed by atoms with Gasteiger partial charge in [0.05, 0.1) is 25.4 Å². The van der Waals surface area contributed by atoms with Crippen molar-refractivity contribution in [2.24, 2.45) is 7.05 Å². The highest BCUT2D eigenvalue weighted by atomic mass is 16.5. The van der Waals surface area contributed by atoms with E-state index in [1.165, 1.54) is 12.7 Å². The number of hydrogen-bond acceptors (Lipinski definition) is 7. The maximum Gasteiger partial charge on any atom is 0.337 e. The van der Waals surface area contributed by atoms with Crippen molar-refractivity contribution >= 4 is 5.97 Å². The van der Waals surface area contributed by atoms with Gasteiger partial charge in [0.15, 0.2) is 0 Å². The van der Waals surface area contributed by atoms with Crippen molar-refractivity contribution < 1.29 is 14.1 Å². The van der Waals surface area contributed by atoms with Crippen LogP contribution < -0.4 is 0 Å². The Morgan fingerprint density at radius 1 is 1.31 bits per heavy atom. The van der Waals surface area contributed by atoms with E-state index in [2.05, 4.69) is 24.9 Å². The maximum atomic E-state index is 11.5. The molecule has 0 aliphatic heterocycles. The van der Waals surface area contributed by atoms with E-state index < -0.39 is 0 Å². The normalized spacial score (nSPS) is 11.1. The number of aryl methyl sites for hydroxylation is 1. The molecule has 0 N–H and O–H groups in total. The van der Waals surface area contributed by atoms with Gasteiger partial charge in [0.25, 0.3) is 0 Å². The molecule has 0 fully saturated rings. The van der Waals surface area contributed by atoms with Crippen molar-refractivity contribution in [3.05, 3.63) is 53.7 Å². The van der Waals surface area contributed by atoms with Gasteiger partial charge in [-0.2, -0.15) is 10.1 Å². The summed E-state index contributed by atoms with van der Waals surface area (Å²) in [5.74, 6) is 0.670. The Balaban J connectivity index is 1.57. The van der Waals surface area contributed by atoms with E-state index in [0.29, 0.717) is 23.8 Å². The van der Waals surface area contributed by atoms with Crippen LogP contribution in [0.25, 0.3) is 11.4 Å². The zero-order chi connectivity index (χ0) is 18.5. The molecule has 0 bridgehead atoms. The van der Waals surface area contributed by atoms with E-state index in [0.717, 1.165) is 18.5 Å². The SMILES string of the molecule is COC(=O)c1ccc(-c2noc(CN(C)CCc3cnn(C)c3)n2)cc1. The second-order valence-electron chi connectivity index (χ2n) is 6.09. The lowest BCUT2D eigenvalue weighted by Gasteiger charge is -2.12. The Labute approximate surface area is 151 Å². The van der Waals surface area contributed by atoms with Crippen LogP contribution in [0.15, 0.2) is 41.2 Å². The third-order valence-corrected chi connectivity index (χ3v) is 3.98. The van der Waals surface area contributed by atoms with Crippen molar-refractivity contribution in [1.29, 1.82) is 0 Å². The van der Waals surface area contributed by atoms with Crippen LogP contribution in [0.1, 0.15) is 21.8 Å². The molecule has 0 radical (unpaired) electrons. The molecule has 2 heterocycles. The van der Waals surface area contributed by atoms with Crippen LogP contribution in [0.5, 0.6) is 0 Å². The predicted molar refractivity (Wildman–Crippen MR) is 94.3 cm³/mol. The van der Waals surface area contributed by atoms with E-state index in [4.69, 9.17) is 4.52 Å². The molecule has 1 aromatic carbocycles. The number of methoxy groups -OCH3 is 1. The van der Waals surface area contributed by atoms with Crippen LogP contribution in [-0.4, -0.2) is 51.5 Å². The molecular weight excluding hydrogens is 334 g/mol. The van der Waals surface area contributed by atoms with Crippen LogP contribution in [0.3, 0.4) is 0 Å². The fourth-order valence-corrected chi connectivity index (χ4v) is 2.54. The number of hydrogen-bond donors (Lipinski definition) is 0. The number of carbonyl (C=O) groups is 1. The molecule has 0 unspecified atom stereocenters. The highest BCUT2D eigenvalue weighted by Gasteiger charge is 2.12. The van der Waals surface area contributed by atoms with Crippen molar-refractivity contribution in [3.63, 3.8) is 0 Å². The van der Waals surface area contributed by atoms with Gasteiger partial charge in [-0.3, -0.25) is 9.58 Å². The van der Waals surface area contributed by atoms with Crippen molar-refractivity contribution in [3.8, 4) is 11.4 Å². The number of ether oxygens (including phenoxy) is 1. The number of rotatable bonds is 7. The van der Waals surface area contributed by atoms with E-state index in [9.17, 15) is 4.79 Å². The van der Waals surface area contributed by atoms with Gasteiger partial charge < -0.3 is 9.26 Å². The van der Waals surface area contributed by atoms with Crippen LogP contribution in [-0.2, 0) is 24.8 Å². The van der Waals surface area contributed by atoms with Gasteiger partial charge in [0.2, 0.25) is 11.7 Å². The molecule has 0 atom stereocenters. The van der Waals surface area contributed by atoms with Crippen LogP contribution in [0, 0.1) is 0 Å². The highest BCUT2D eigenvalue weighted by molar-refractivity contribution is 5.89. The molecule has 0 amide bonds. The van der Waals surface area contributed by atoms with Crippen molar-refractivity contribution in [1.82, 2.24) is 24.8 Å². The molecule has 8 heteroatoms. The zero-order valence-electron chi connectivity index (χ0n) is 15.0. The van der Waals surface area contributed by atoms with Gasteiger partial charge in [-0.25, -0.2) is 4.79 Å². The molecule has 2 aromatic heterocycles. The number of aromatic nitrogens is 4. The first-order chi connectivity index (χ1) is 12.5. The van der Waals surface area contributed by atoms with Crippen LogP contribution >= 0.6 is 0 Å². The average molecular weight is 355 g/mol. The van der Waals surface area contributed by atoms with Gasteiger partial charge >= 0.3 is 5.97 Å². The third-order valence-electron chi connectivity index (χ3n) is 3.98. The van der Waals surface area contributed by atoms with E-state index in [1.54, 1.807) is 28.9 Å². The van der Waals surface area contributed by atoms with Crippen molar-refractivity contribution in [2.45, 2.75) is 13.0 Å². The summed E-state index contributed by atoms with van der Waals surface area (Å²) >= 11 is 0. The molecule has 0 saturated carbocycles. The fraction of sp³-hybridized carbons (Fsp3) is 0.333. The number of esters is 1. The molecule has 3 aromatic rings. The average Bonchev–Trinajstić information content (AvgIpc) is 3.28. The number of carbonyl (C=O) groups excluding carboxylic acids is 1. The van der Waals surface area contributed by atoms with Gasteiger partial charge in [0.1, 0.15) is 0 Å². The summed E-state index contributed by atoms with van der Waals surface area (Å²) in [6.45, 7) is 1.42. The van der Waals surface area contributed by atoms with Gasteiger partial charge in [-0.1, -0.05) is 17.3 Å². The molecular formula is C18H21N5O3. The minimum Gasteiger partial charge on any atom is -0.465 e. The summed E-state index contributed by atoms with van der Waals surface area (Å²) < 4.78 is 11.8. The lowest BCUT2D eigenvalue weighted by molar-refractivity contribution is 0.0601. The summed E-state index contributed by atoms with van der Waals surface area (Å²) in [6.07, 6.45) is 4.79. The first-order valence-electron chi connectivity index (χ1n) is 8.22. The Kier molecular flexibility index (Phi) is 5.43. The number of likely N-dealkylation sites (N-methyl/N-ethyl adjacent to an activating group) is 1. The molecule has 0 aliphatic carbocycles. The topological polar surface area (TPSA) is 86.3 Å². The first-order valence-corrected chi connectivity index (χ1v) is 8.22. The Bertz CT molecular complexity index is 869. The van der Waals surface area contributed by atoms with Crippen molar-refractivity contribution in [2.75, 3.05) is 20.7 Å². The molecule has 136 valence electrons. The van der Waals surface area contributed by atoms with Gasteiger partial charge in [-0.05, 0) is 31.2 Å². The molecule has 0 aliphatic rings. The molecule has 0 saturated heterocycles. The third kappa shape index (κ3) is 4.34. The lowest BCUT2D eigenvalue weighted by Crippen LogP contribution is -2.20. The standard InChI is InChI=1S/C18H21N5O3/c1-22(9-8-13-10-19-23(2)11-13)12-16-20-17(21-26-16)14-4-6-15(7-5-14)18(24)25-3/h4-7,10-11H,8-9,12H2,1-3H3. The Morgan fingerprint density at radius 3 is 2.73 bits per heavy atom. The Morgan fingerprint density at radius 2 is 2.08 bits per heavy atom. The second-order valence-corrected chi connectivity index (χ2v) is 6.09. The van der Waals surface area contributed by atoms with Crippen LogP contribution in [0.4, 0.5) is 0 Å². The fourth-order valence-electron chi connectivity index (χ4n) is 2.54. The quantitative estimate of drug-likeness (QED) is 0.599. The summed E-state index contributed by atoms with van der Waals surface area (Å²) in [6, 6.07) is 6.90. The highest BCUT2D eigenvalue weighted by Crippen LogP contribution is 2.17. The summed E-state index contributed by atoms with van der Waals surface area (Å²) in [5, 5.41) is 8.18. The first kappa shape index (κ1) is 17.8. The summed E-state index contributed by atoms with van der Waals surface area (Å²) in [5.41, 5.74) is 2.46. The van der Waals surface area contributed by atoms with Crippen LogP contribution in [0.2, 0.25) is 0 Å². The second kappa shape index (κ2) is 7.92. The number of nitrogens with zero attached hydrogens (tertiary/aromatic N) is 5.